The van der Waals surface area contributed by atoms with E-state index in [2.05, 4.69) is 29.6 Å². The Balaban J connectivity index is 2.01. The highest BCUT2D eigenvalue weighted by Crippen LogP contribution is 2.23. The van der Waals surface area contributed by atoms with Crippen LogP contribution in [0.4, 0.5) is 0 Å². The Bertz CT molecular complexity index is 347. The Labute approximate surface area is 97.1 Å². The van der Waals surface area contributed by atoms with Gasteiger partial charge in [0, 0.05) is 18.9 Å². The molecule has 1 fully saturated rings. The average Bonchev–Trinajstić information content (AvgIpc) is 2.77. The maximum absolute atomic E-state index is 11.8. The Morgan fingerprint density at radius 3 is 2.75 bits per heavy atom. The fraction of sp³-hybridized carbons (Fsp3) is 0.500. The molecule has 1 aliphatic rings. The Morgan fingerprint density at radius 1 is 1.31 bits per heavy atom. The highest BCUT2D eigenvalue weighted by atomic mass is 16.1. The molecule has 0 spiro atoms. The molecule has 1 unspecified atom stereocenters. The molecule has 2 rings (SSSR count). The molecule has 1 heterocycles. The summed E-state index contributed by atoms with van der Waals surface area (Å²) in [5.41, 5.74) is 1.34. The first kappa shape index (κ1) is 11.3. The largest absolute Gasteiger partial charge is 0.316 e. The lowest BCUT2D eigenvalue weighted by atomic mass is 9.86. The maximum Gasteiger partial charge on any atom is 0.137 e. The van der Waals surface area contributed by atoms with E-state index in [1.165, 1.54) is 5.56 Å². The number of Topliss-reactive ketones (excluding diaryl/α,β-unsaturated/α-hetero) is 1. The van der Waals surface area contributed by atoms with Gasteiger partial charge in [0.25, 0.3) is 0 Å². The summed E-state index contributed by atoms with van der Waals surface area (Å²) in [6, 6.07) is 10.4. The van der Waals surface area contributed by atoms with Crippen molar-refractivity contribution in [2.24, 2.45) is 11.8 Å². The van der Waals surface area contributed by atoms with Crippen LogP contribution in [0.1, 0.15) is 18.9 Å². The van der Waals surface area contributed by atoms with Gasteiger partial charge < -0.3 is 5.32 Å². The molecule has 2 atom stereocenters. The molecule has 0 saturated carbocycles. The first-order valence-corrected chi connectivity index (χ1v) is 6.08. The molecule has 86 valence electrons. The van der Waals surface area contributed by atoms with E-state index in [0.29, 0.717) is 18.1 Å². The van der Waals surface area contributed by atoms with E-state index < -0.39 is 0 Å². The van der Waals surface area contributed by atoms with Gasteiger partial charge in [-0.25, -0.2) is 0 Å². The van der Waals surface area contributed by atoms with E-state index in [4.69, 9.17) is 0 Å². The van der Waals surface area contributed by atoms with Gasteiger partial charge in [0.1, 0.15) is 5.78 Å². The predicted octanol–water partition coefficient (Wildman–Crippen LogP) is 2.04. The molecular formula is C14H19NO. The summed E-state index contributed by atoms with van der Waals surface area (Å²) in [5, 5.41) is 3.34. The SMILES string of the molecule is CCC(=O)[C@H]1CNCC1Cc1ccccc1. The number of carbonyl (C=O) groups is 1. The number of rotatable bonds is 4. The molecule has 0 bridgehead atoms. The lowest BCUT2D eigenvalue weighted by molar-refractivity contribution is -0.123. The van der Waals surface area contributed by atoms with Crippen molar-refractivity contribution < 1.29 is 4.79 Å². The van der Waals surface area contributed by atoms with Crippen molar-refractivity contribution in [3.63, 3.8) is 0 Å². The summed E-state index contributed by atoms with van der Waals surface area (Å²) in [7, 11) is 0. The monoisotopic (exact) mass is 217 g/mol. The lowest BCUT2D eigenvalue weighted by Gasteiger charge is -2.16. The van der Waals surface area contributed by atoms with Gasteiger partial charge in [-0.3, -0.25) is 4.79 Å². The van der Waals surface area contributed by atoms with Crippen molar-refractivity contribution in [3.8, 4) is 0 Å². The third-order valence-corrected chi connectivity index (χ3v) is 3.44. The Hall–Kier alpha value is -1.15. The van der Waals surface area contributed by atoms with Gasteiger partial charge in [0.05, 0.1) is 0 Å². The van der Waals surface area contributed by atoms with Crippen molar-refractivity contribution in [2.45, 2.75) is 19.8 Å². The molecule has 1 saturated heterocycles. The van der Waals surface area contributed by atoms with Gasteiger partial charge in [-0.2, -0.15) is 0 Å². The smallest absolute Gasteiger partial charge is 0.137 e. The van der Waals surface area contributed by atoms with E-state index in [0.717, 1.165) is 19.5 Å². The highest BCUT2D eigenvalue weighted by molar-refractivity contribution is 5.81. The van der Waals surface area contributed by atoms with Crippen LogP contribution < -0.4 is 5.32 Å². The standard InChI is InChI=1S/C14H19NO/c1-2-14(16)13-10-15-9-12(13)8-11-6-4-3-5-7-11/h3-7,12-13,15H,2,8-10H2,1H3/t12?,13-/m0/s1. The van der Waals surface area contributed by atoms with Gasteiger partial charge in [-0.1, -0.05) is 37.3 Å². The minimum Gasteiger partial charge on any atom is -0.316 e. The minimum absolute atomic E-state index is 0.227. The van der Waals surface area contributed by atoms with Crippen molar-refractivity contribution in [3.05, 3.63) is 35.9 Å². The summed E-state index contributed by atoms with van der Waals surface area (Å²) in [4.78, 5) is 11.8. The van der Waals surface area contributed by atoms with Crippen LogP contribution in [-0.2, 0) is 11.2 Å². The maximum atomic E-state index is 11.8. The molecule has 0 aliphatic carbocycles. The predicted molar refractivity (Wildman–Crippen MR) is 65.3 cm³/mol. The number of hydrogen-bond acceptors (Lipinski definition) is 2. The van der Waals surface area contributed by atoms with Crippen LogP contribution in [0.3, 0.4) is 0 Å². The van der Waals surface area contributed by atoms with Gasteiger partial charge in [0.2, 0.25) is 0 Å². The molecule has 0 amide bonds. The number of nitrogens with one attached hydrogen (secondary N) is 1. The summed E-state index contributed by atoms with van der Waals surface area (Å²) in [5.74, 6) is 1.12. The first-order chi connectivity index (χ1) is 7.81. The fourth-order valence-electron chi connectivity index (χ4n) is 2.50. The fourth-order valence-corrected chi connectivity index (χ4v) is 2.50. The molecule has 1 aliphatic heterocycles. The lowest BCUT2D eigenvalue weighted by Crippen LogP contribution is -2.23. The second kappa shape index (κ2) is 5.26. The van der Waals surface area contributed by atoms with Gasteiger partial charge in [-0.05, 0) is 24.4 Å². The number of hydrogen-bond donors (Lipinski definition) is 1. The topological polar surface area (TPSA) is 29.1 Å². The normalized spacial score (nSPS) is 24.6. The third-order valence-electron chi connectivity index (χ3n) is 3.44. The molecule has 2 heteroatoms. The molecule has 0 aromatic heterocycles. The molecular weight excluding hydrogens is 198 g/mol. The van der Waals surface area contributed by atoms with Crippen molar-refractivity contribution in [1.82, 2.24) is 5.32 Å². The second-order valence-corrected chi connectivity index (χ2v) is 4.53. The van der Waals surface area contributed by atoms with Crippen molar-refractivity contribution in [1.29, 1.82) is 0 Å². The van der Waals surface area contributed by atoms with Crippen molar-refractivity contribution in [2.75, 3.05) is 13.1 Å². The number of ketones is 1. The van der Waals surface area contributed by atoms with E-state index in [1.807, 2.05) is 13.0 Å². The van der Waals surface area contributed by atoms with E-state index in [1.54, 1.807) is 0 Å². The minimum atomic E-state index is 0.227. The van der Waals surface area contributed by atoms with E-state index in [9.17, 15) is 4.79 Å². The number of benzene rings is 1. The van der Waals surface area contributed by atoms with E-state index >= 15 is 0 Å². The third kappa shape index (κ3) is 2.50. The van der Waals surface area contributed by atoms with Crippen LogP contribution in [0.5, 0.6) is 0 Å². The number of carbonyl (C=O) groups excluding carboxylic acids is 1. The van der Waals surface area contributed by atoms with Gasteiger partial charge in [0.15, 0.2) is 0 Å². The van der Waals surface area contributed by atoms with Crippen LogP contribution >= 0.6 is 0 Å². The molecule has 1 aromatic carbocycles. The molecule has 1 aromatic rings. The summed E-state index contributed by atoms with van der Waals surface area (Å²) >= 11 is 0. The van der Waals surface area contributed by atoms with Crippen LogP contribution in [0.2, 0.25) is 0 Å². The molecule has 1 N–H and O–H groups in total. The summed E-state index contributed by atoms with van der Waals surface area (Å²) in [6.45, 7) is 3.80. The zero-order chi connectivity index (χ0) is 11.4. The van der Waals surface area contributed by atoms with Crippen molar-refractivity contribution >= 4 is 5.78 Å². The van der Waals surface area contributed by atoms with E-state index in [-0.39, 0.29) is 5.92 Å². The van der Waals surface area contributed by atoms with Crippen LogP contribution in [-0.4, -0.2) is 18.9 Å². The summed E-state index contributed by atoms with van der Waals surface area (Å²) < 4.78 is 0. The van der Waals surface area contributed by atoms with Crippen LogP contribution in [0, 0.1) is 11.8 Å². The Morgan fingerprint density at radius 2 is 2.06 bits per heavy atom. The highest BCUT2D eigenvalue weighted by Gasteiger charge is 2.31. The zero-order valence-electron chi connectivity index (χ0n) is 9.78. The van der Waals surface area contributed by atoms with Crippen LogP contribution in [0.15, 0.2) is 30.3 Å². The van der Waals surface area contributed by atoms with Gasteiger partial charge in [-0.15, -0.1) is 0 Å². The quantitative estimate of drug-likeness (QED) is 0.836. The summed E-state index contributed by atoms with van der Waals surface area (Å²) in [6.07, 6.45) is 1.68. The second-order valence-electron chi connectivity index (χ2n) is 4.53. The zero-order valence-corrected chi connectivity index (χ0v) is 9.78. The first-order valence-electron chi connectivity index (χ1n) is 6.08. The molecule has 0 radical (unpaired) electrons. The molecule has 16 heavy (non-hydrogen) atoms. The molecule has 2 nitrogen and oxygen atoms in total. The average molecular weight is 217 g/mol. The van der Waals surface area contributed by atoms with Gasteiger partial charge >= 0.3 is 0 Å². The Kier molecular flexibility index (Phi) is 3.73. The van der Waals surface area contributed by atoms with Crippen LogP contribution in [0.25, 0.3) is 0 Å².